The molecule has 8 heteroatoms. The summed E-state index contributed by atoms with van der Waals surface area (Å²) in [6.07, 6.45) is -3.35. The normalized spacial score (nSPS) is 21.8. The van der Waals surface area contributed by atoms with Crippen molar-refractivity contribution < 1.29 is 23.4 Å². The molecule has 2 aromatic rings. The van der Waals surface area contributed by atoms with Crippen LogP contribution in [0.15, 0.2) is 24.3 Å². The summed E-state index contributed by atoms with van der Waals surface area (Å²) >= 11 is 0. The number of rotatable bonds is 3. The lowest BCUT2D eigenvalue weighted by Crippen LogP contribution is -2.48. The summed E-state index contributed by atoms with van der Waals surface area (Å²) in [6, 6.07) is 5.91. The van der Waals surface area contributed by atoms with Crippen LogP contribution in [0.3, 0.4) is 0 Å². The number of halogens is 3. The number of nitrogens with zero attached hydrogens (tertiary/aromatic N) is 2. The average molecular weight is 377 g/mol. The number of anilines is 1. The van der Waals surface area contributed by atoms with E-state index in [-0.39, 0.29) is 17.4 Å². The molecular formula is C19H18F3N3O2. The standard InChI is InChI=1S/C19H18F3N3O2/c1-11-7-16(23-13-9-18(2,27)10-13)24-25-17(11)14-4-3-12(8-15(14)26)5-6-19(20,21)22/h3-4,7-8,13,26-27H,9-10H2,1-2H3,(H,23,24). The highest BCUT2D eigenvalue weighted by Crippen LogP contribution is 2.34. The van der Waals surface area contributed by atoms with Gasteiger partial charge in [-0.2, -0.15) is 13.2 Å². The predicted octanol–water partition coefficient (Wildman–Crippen LogP) is 3.40. The topological polar surface area (TPSA) is 78.3 Å². The fraction of sp³-hybridized carbons (Fsp3) is 0.368. The molecule has 3 rings (SSSR count). The van der Waals surface area contributed by atoms with Crippen molar-refractivity contribution in [3.8, 4) is 28.8 Å². The maximum absolute atomic E-state index is 12.2. The summed E-state index contributed by atoms with van der Waals surface area (Å²) in [4.78, 5) is 0. The number of nitrogens with one attached hydrogen (secondary N) is 1. The third-order valence-corrected chi connectivity index (χ3v) is 4.31. The van der Waals surface area contributed by atoms with E-state index in [1.165, 1.54) is 12.1 Å². The van der Waals surface area contributed by atoms with Crippen molar-refractivity contribution in [3.63, 3.8) is 0 Å². The van der Waals surface area contributed by atoms with Crippen molar-refractivity contribution in [2.75, 3.05) is 5.32 Å². The smallest absolute Gasteiger partial charge is 0.458 e. The minimum Gasteiger partial charge on any atom is -0.507 e. The zero-order chi connectivity index (χ0) is 19.8. The summed E-state index contributed by atoms with van der Waals surface area (Å²) in [6.45, 7) is 3.57. The summed E-state index contributed by atoms with van der Waals surface area (Å²) in [5, 5.41) is 31.3. The van der Waals surface area contributed by atoms with E-state index < -0.39 is 11.8 Å². The molecule has 1 saturated carbocycles. The SMILES string of the molecule is Cc1cc(NC2CC(C)(O)C2)nnc1-c1ccc(C#CC(F)(F)F)cc1O. The average Bonchev–Trinajstić information content (AvgIpc) is 2.51. The first-order valence-electron chi connectivity index (χ1n) is 8.29. The van der Waals surface area contributed by atoms with Gasteiger partial charge in [-0.3, -0.25) is 0 Å². The number of phenols is 1. The van der Waals surface area contributed by atoms with Gasteiger partial charge in [-0.25, -0.2) is 0 Å². The van der Waals surface area contributed by atoms with E-state index in [1.807, 2.05) is 5.92 Å². The fourth-order valence-electron chi connectivity index (χ4n) is 3.09. The Morgan fingerprint density at radius 1 is 1.22 bits per heavy atom. The molecule has 5 nitrogen and oxygen atoms in total. The Morgan fingerprint density at radius 3 is 2.48 bits per heavy atom. The number of hydrogen-bond donors (Lipinski definition) is 3. The molecule has 0 spiro atoms. The van der Waals surface area contributed by atoms with Crippen LogP contribution >= 0.6 is 0 Å². The van der Waals surface area contributed by atoms with Crippen LogP contribution in [-0.2, 0) is 0 Å². The first-order chi connectivity index (χ1) is 12.5. The van der Waals surface area contributed by atoms with E-state index in [4.69, 9.17) is 0 Å². The molecule has 0 unspecified atom stereocenters. The lowest BCUT2D eigenvalue weighted by Gasteiger charge is -2.41. The van der Waals surface area contributed by atoms with Crippen LogP contribution in [0.25, 0.3) is 11.3 Å². The van der Waals surface area contributed by atoms with Crippen LogP contribution in [-0.4, -0.2) is 38.2 Å². The van der Waals surface area contributed by atoms with E-state index in [1.54, 1.807) is 19.9 Å². The molecule has 1 heterocycles. The second kappa shape index (κ2) is 6.74. The lowest BCUT2D eigenvalue weighted by atomic mass is 9.77. The van der Waals surface area contributed by atoms with Gasteiger partial charge in [0, 0.05) is 23.1 Å². The molecule has 0 bridgehead atoms. The van der Waals surface area contributed by atoms with Gasteiger partial charge in [0.15, 0.2) is 0 Å². The minimum absolute atomic E-state index is 0.0505. The highest BCUT2D eigenvalue weighted by Gasteiger charge is 2.38. The molecule has 0 saturated heterocycles. The second-order valence-corrected chi connectivity index (χ2v) is 6.99. The Balaban J connectivity index is 1.79. The van der Waals surface area contributed by atoms with E-state index in [9.17, 15) is 23.4 Å². The van der Waals surface area contributed by atoms with Gasteiger partial charge >= 0.3 is 6.18 Å². The maximum Gasteiger partial charge on any atom is 0.458 e. The molecule has 3 N–H and O–H groups in total. The van der Waals surface area contributed by atoms with E-state index in [0.717, 1.165) is 17.6 Å². The molecule has 1 aromatic carbocycles. The van der Waals surface area contributed by atoms with Gasteiger partial charge in [0.05, 0.1) is 11.3 Å². The zero-order valence-electron chi connectivity index (χ0n) is 14.7. The number of alkyl halides is 3. The summed E-state index contributed by atoms with van der Waals surface area (Å²) < 4.78 is 36.5. The molecule has 27 heavy (non-hydrogen) atoms. The van der Waals surface area contributed by atoms with Crippen LogP contribution < -0.4 is 5.32 Å². The Bertz CT molecular complexity index is 922. The Morgan fingerprint density at radius 2 is 1.93 bits per heavy atom. The molecule has 0 radical (unpaired) electrons. The molecule has 1 aromatic heterocycles. The summed E-state index contributed by atoms with van der Waals surface area (Å²) in [7, 11) is 0. The number of aromatic nitrogens is 2. The first-order valence-corrected chi connectivity index (χ1v) is 8.29. The molecule has 142 valence electrons. The second-order valence-electron chi connectivity index (χ2n) is 6.99. The van der Waals surface area contributed by atoms with Crippen molar-refractivity contribution in [2.24, 2.45) is 0 Å². The van der Waals surface area contributed by atoms with Gasteiger partial charge in [0.2, 0.25) is 0 Å². The van der Waals surface area contributed by atoms with Gasteiger partial charge in [0.1, 0.15) is 11.6 Å². The third kappa shape index (κ3) is 4.68. The van der Waals surface area contributed by atoms with Crippen molar-refractivity contribution in [2.45, 2.75) is 44.5 Å². The van der Waals surface area contributed by atoms with Crippen molar-refractivity contribution in [1.29, 1.82) is 0 Å². The number of aliphatic hydroxyl groups is 1. The number of aromatic hydroxyl groups is 1. The number of aryl methyl sites for hydroxylation is 1. The van der Waals surface area contributed by atoms with Crippen molar-refractivity contribution in [3.05, 3.63) is 35.4 Å². The molecular weight excluding hydrogens is 359 g/mol. The number of hydrogen-bond acceptors (Lipinski definition) is 5. The van der Waals surface area contributed by atoms with Crippen LogP contribution in [0, 0.1) is 18.8 Å². The van der Waals surface area contributed by atoms with Gasteiger partial charge in [-0.05, 0) is 56.5 Å². The summed E-state index contributed by atoms with van der Waals surface area (Å²) in [5.74, 6) is 3.46. The zero-order valence-corrected chi connectivity index (χ0v) is 14.7. The van der Waals surface area contributed by atoms with Crippen LogP contribution in [0.1, 0.15) is 30.9 Å². The van der Waals surface area contributed by atoms with E-state index >= 15 is 0 Å². The number of phenolic OH excluding ortho intramolecular Hbond substituents is 1. The largest absolute Gasteiger partial charge is 0.507 e. The van der Waals surface area contributed by atoms with Gasteiger partial charge < -0.3 is 15.5 Å². The molecule has 0 atom stereocenters. The Hall–Kier alpha value is -2.79. The lowest BCUT2D eigenvalue weighted by molar-refractivity contribution is -0.0696. The first kappa shape index (κ1) is 19.0. The van der Waals surface area contributed by atoms with Crippen molar-refractivity contribution in [1.82, 2.24) is 10.2 Å². The van der Waals surface area contributed by atoms with Gasteiger partial charge in [-0.15, -0.1) is 10.2 Å². The van der Waals surface area contributed by atoms with Crippen LogP contribution in [0.2, 0.25) is 0 Å². The summed E-state index contributed by atoms with van der Waals surface area (Å²) in [5.41, 5.74) is 0.921. The van der Waals surface area contributed by atoms with E-state index in [2.05, 4.69) is 15.5 Å². The van der Waals surface area contributed by atoms with E-state index in [0.29, 0.717) is 29.9 Å². The molecule has 1 aliphatic rings. The quantitative estimate of drug-likeness (QED) is 0.715. The third-order valence-electron chi connectivity index (χ3n) is 4.31. The van der Waals surface area contributed by atoms with Gasteiger partial charge in [-0.1, -0.05) is 5.92 Å². The minimum atomic E-state index is -4.59. The van der Waals surface area contributed by atoms with Crippen molar-refractivity contribution >= 4 is 5.82 Å². The Kier molecular flexibility index (Phi) is 4.74. The van der Waals surface area contributed by atoms with Crippen LogP contribution in [0.5, 0.6) is 5.75 Å². The molecule has 1 fully saturated rings. The predicted molar refractivity (Wildman–Crippen MR) is 94.1 cm³/mol. The number of benzene rings is 1. The molecule has 1 aliphatic carbocycles. The maximum atomic E-state index is 12.2. The van der Waals surface area contributed by atoms with Crippen LogP contribution in [0.4, 0.5) is 19.0 Å². The monoisotopic (exact) mass is 377 g/mol. The Labute approximate surface area is 154 Å². The highest BCUT2D eigenvalue weighted by molar-refractivity contribution is 5.71. The fourth-order valence-corrected chi connectivity index (χ4v) is 3.09. The highest BCUT2D eigenvalue weighted by atomic mass is 19.4. The molecule has 0 amide bonds. The van der Waals surface area contributed by atoms with Gasteiger partial charge in [0.25, 0.3) is 0 Å². The molecule has 0 aliphatic heterocycles.